The van der Waals surface area contributed by atoms with E-state index in [0.717, 1.165) is 23.2 Å². The molecule has 1 aromatic carbocycles. The highest BCUT2D eigenvalue weighted by Gasteiger charge is 2.11. The Balaban J connectivity index is 0.000000361. The molecule has 0 aliphatic heterocycles. The molecule has 3 N–H and O–H groups in total. The minimum Gasteiger partial charge on any atom is -0.481 e. The van der Waals surface area contributed by atoms with Gasteiger partial charge in [0, 0.05) is 35.7 Å². The number of carboxylic acids is 1. The highest BCUT2D eigenvalue weighted by Crippen LogP contribution is 2.25. The maximum Gasteiger partial charge on any atom is 0.300 e. The Kier molecular flexibility index (Phi) is 4.08. The van der Waals surface area contributed by atoms with E-state index in [1.54, 1.807) is 24.5 Å². The number of amides is 1. The number of nitrogens with two attached hydrogens (primary N) is 1. The van der Waals surface area contributed by atoms with Gasteiger partial charge in [0.2, 0.25) is 5.91 Å². The van der Waals surface area contributed by atoms with E-state index in [-0.39, 0.29) is 0 Å². The van der Waals surface area contributed by atoms with Gasteiger partial charge in [-0.3, -0.25) is 19.6 Å². The van der Waals surface area contributed by atoms with Crippen molar-refractivity contribution in [3.63, 3.8) is 0 Å². The Bertz CT molecular complexity index is 827. The van der Waals surface area contributed by atoms with E-state index in [1.807, 2.05) is 18.2 Å². The predicted molar refractivity (Wildman–Crippen MR) is 78.9 cm³/mol. The summed E-state index contributed by atoms with van der Waals surface area (Å²) >= 11 is 0. The van der Waals surface area contributed by atoms with E-state index in [0.29, 0.717) is 11.1 Å². The largest absolute Gasteiger partial charge is 0.481 e. The molecule has 2 heterocycles. The van der Waals surface area contributed by atoms with Crippen LogP contribution < -0.4 is 5.73 Å². The molecule has 106 valence electrons. The van der Waals surface area contributed by atoms with Gasteiger partial charge < -0.3 is 10.8 Å². The lowest BCUT2D eigenvalue weighted by Gasteiger charge is -2.05. The smallest absolute Gasteiger partial charge is 0.300 e. The Hall–Kier alpha value is -3.02. The SMILES string of the molecule is CC(=O)O.NC(=O)c1cc2cccnc2c2ncccc12. The van der Waals surface area contributed by atoms with Crippen molar-refractivity contribution in [2.24, 2.45) is 5.73 Å². The fourth-order valence-corrected chi connectivity index (χ4v) is 1.98. The number of aliphatic carboxylic acids is 1. The van der Waals surface area contributed by atoms with Crippen LogP contribution in [0.2, 0.25) is 0 Å². The van der Waals surface area contributed by atoms with Crippen LogP contribution in [0.4, 0.5) is 0 Å². The van der Waals surface area contributed by atoms with Crippen molar-refractivity contribution in [3.05, 3.63) is 48.3 Å². The zero-order chi connectivity index (χ0) is 15.4. The molecule has 6 heteroatoms. The average Bonchev–Trinajstić information content (AvgIpc) is 2.45. The maximum atomic E-state index is 11.4. The summed E-state index contributed by atoms with van der Waals surface area (Å²) in [4.78, 5) is 29.0. The second kappa shape index (κ2) is 5.96. The van der Waals surface area contributed by atoms with Crippen LogP contribution in [0.3, 0.4) is 0 Å². The molecule has 0 spiro atoms. The van der Waals surface area contributed by atoms with Crippen molar-refractivity contribution < 1.29 is 14.7 Å². The molecule has 0 unspecified atom stereocenters. The van der Waals surface area contributed by atoms with E-state index < -0.39 is 11.9 Å². The van der Waals surface area contributed by atoms with Crippen molar-refractivity contribution in [1.82, 2.24) is 9.97 Å². The quantitative estimate of drug-likeness (QED) is 0.664. The Morgan fingerprint density at radius 1 is 1.10 bits per heavy atom. The second-order valence-electron chi connectivity index (χ2n) is 4.28. The monoisotopic (exact) mass is 283 g/mol. The number of aromatic nitrogens is 2. The average molecular weight is 283 g/mol. The number of benzene rings is 1. The molecular formula is C15H13N3O3. The molecule has 3 rings (SSSR count). The molecular weight excluding hydrogens is 270 g/mol. The molecule has 2 aromatic heterocycles. The Morgan fingerprint density at radius 3 is 2.29 bits per heavy atom. The molecule has 0 radical (unpaired) electrons. The van der Waals surface area contributed by atoms with Crippen molar-refractivity contribution in [1.29, 1.82) is 0 Å². The maximum absolute atomic E-state index is 11.4. The van der Waals surface area contributed by atoms with Crippen LogP contribution in [0, 0.1) is 0 Å². The van der Waals surface area contributed by atoms with Crippen LogP contribution in [0.5, 0.6) is 0 Å². The third-order valence-corrected chi connectivity index (χ3v) is 2.73. The van der Waals surface area contributed by atoms with Gasteiger partial charge in [0.1, 0.15) is 0 Å². The summed E-state index contributed by atoms with van der Waals surface area (Å²) in [5.74, 6) is -1.28. The molecule has 1 amide bonds. The standard InChI is InChI=1S/C13H9N3O.C2H4O2/c14-13(17)10-7-8-3-1-5-15-11(8)12-9(10)4-2-6-16-12;1-2(3)4/h1-7H,(H2,14,17);1H3,(H,3,4). The molecule has 3 aromatic rings. The molecule has 21 heavy (non-hydrogen) atoms. The van der Waals surface area contributed by atoms with E-state index in [2.05, 4.69) is 9.97 Å². The number of carboxylic acid groups (broad SMARTS) is 1. The van der Waals surface area contributed by atoms with Crippen LogP contribution in [0.1, 0.15) is 17.3 Å². The number of pyridine rings is 2. The topological polar surface area (TPSA) is 106 Å². The molecule has 0 fully saturated rings. The van der Waals surface area contributed by atoms with Crippen molar-refractivity contribution >= 4 is 33.7 Å². The summed E-state index contributed by atoms with van der Waals surface area (Å²) < 4.78 is 0. The van der Waals surface area contributed by atoms with Crippen molar-refractivity contribution in [3.8, 4) is 0 Å². The van der Waals surface area contributed by atoms with Gasteiger partial charge in [0.25, 0.3) is 5.97 Å². The highest BCUT2D eigenvalue weighted by atomic mass is 16.4. The summed E-state index contributed by atoms with van der Waals surface area (Å²) in [5.41, 5.74) is 7.36. The van der Waals surface area contributed by atoms with Gasteiger partial charge in [-0.25, -0.2) is 0 Å². The van der Waals surface area contributed by atoms with Gasteiger partial charge >= 0.3 is 0 Å². The van der Waals surface area contributed by atoms with E-state index >= 15 is 0 Å². The third kappa shape index (κ3) is 3.11. The Morgan fingerprint density at radius 2 is 1.67 bits per heavy atom. The zero-order valence-corrected chi connectivity index (χ0v) is 11.3. The molecule has 0 aliphatic carbocycles. The second-order valence-corrected chi connectivity index (χ2v) is 4.28. The first-order valence-electron chi connectivity index (χ1n) is 6.12. The van der Waals surface area contributed by atoms with E-state index in [1.165, 1.54) is 0 Å². The van der Waals surface area contributed by atoms with Gasteiger partial charge in [0.15, 0.2) is 0 Å². The summed E-state index contributed by atoms with van der Waals surface area (Å²) in [6, 6.07) is 9.08. The normalized spacial score (nSPS) is 9.95. The molecule has 0 aliphatic rings. The van der Waals surface area contributed by atoms with Crippen LogP contribution >= 0.6 is 0 Å². The number of hydrogen-bond acceptors (Lipinski definition) is 4. The van der Waals surface area contributed by atoms with Gasteiger partial charge in [-0.1, -0.05) is 12.1 Å². The summed E-state index contributed by atoms with van der Waals surface area (Å²) in [5, 5.41) is 9.03. The minimum absolute atomic E-state index is 0.450. The number of primary amides is 1. The highest BCUT2D eigenvalue weighted by molar-refractivity contribution is 6.14. The number of rotatable bonds is 1. The van der Waals surface area contributed by atoms with Crippen LogP contribution in [0.15, 0.2) is 42.7 Å². The Labute approximate surface area is 120 Å². The predicted octanol–water partition coefficient (Wildman–Crippen LogP) is 1.97. The van der Waals surface area contributed by atoms with E-state index in [4.69, 9.17) is 15.6 Å². The lowest BCUT2D eigenvalue weighted by atomic mass is 10.0. The van der Waals surface area contributed by atoms with Gasteiger partial charge in [-0.15, -0.1) is 0 Å². The summed E-state index contributed by atoms with van der Waals surface area (Å²) in [6.45, 7) is 1.08. The van der Waals surface area contributed by atoms with Crippen LogP contribution in [-0.4, -0.2) is 27.0 Å². The van der Waals surface area contributed by atoms with Crippen molar-refractivity contribution in [2.75, 3.05) is 0 Å². The summed E-state index contributed by atoms with van der Waals surface area (Å²) in [6.07, 6.45) is 3.39. The number of fused-ring (bicyclic) bond motifs is 3. The molecule has 0 saturated carbocycles. The van der Waals surface area contributed by atoms with E-state index in [9.17, 15) is 4.79 Å². The minimum atomic E-state index is -0.833. The van der Waals surface area contributed by atoms with Crippen LogP contribution in [-0.2, 0) is 4.79 Å². The zero-order valence-electron chi connectivity index (χ0n) is 11.3. The molecule has 0 saturated heterocycles. The lowest BCUT2D eigenvalue weighted by Crippen LogP contribution is -2.11. The van der Waals surface area contributed by atoms with Gasteiger partial charge in [0.05, 0.1) is 11.0 Å². The molecule has 6 nitrogen and oxygen atoms in total. The lowest BCUT2D eigenvalue weighted by molar-refractivity contribution is -0.134. The number of nitrogens with zero attached hydrogens (tertiary/aromatic N) is 2. The first-order valence-corrected chi connectivity index (χ1v) is 6.12. The third-order valence-electron chi connectivity index (χ3n) is 2.73. The fraction of sp³-hybridized carbons (Fsp3) is 0.0667. The molecule has 0 atom stereocenters. The number of hydrogen-bond donors (Lipinski definition) is 2. The van der Waals surface area contributed by atoms with Gasteiger partial charge in [-0.2, -0.15) is 0 Å². The molecule has 0 bridgehead atoms. The summed E-state index contributed by atoms with van der Waals surface area (Å²) in [7, 11) is 0. The van der Waals surface area contributed by atoms with Crippen molar-refractivity contribution in [2.45, 2.75) is 6.92 Å². The first kappa shape index (κ1) is 14.4. The number of carbonyl (C=O) groups excluding carboxylic acids is 1. The fourth-order valence-electron chi connectivity index (χ4n) is 1.98. The first-order chi connectivity index (χ1) is 10.0. The van der Waals surface area contributed by atoms with Gasteiger partial charge in [-0.05, 0) is 18.2 Å². The van der Waals surface area contributed by atoms with Crippen LogP contribution in [0.25, 0.3) is 21.8 Å². The number of carbonyl (C=O) groups is 2.